The highest BCUT2D eigenvalue weighted by molar-refractivity contribution is 5.80. The van der Waals surface area contributed by atoms with Crippen molar-refractivity contribution in [3.8, 4) is 0 Å². The third kappa shape index (κ3) is 3.75. The molecular weight excluding hydrogens is 281 g/mol. The fourth-order valence-corrected chi connectivity index (χ4v) is 2.53. The van der Waals surface area contributed by atoms with E-state index in [1.165, 1.54) is 18.2 Å². The predicted molar refractivity (Wildman–Crippen MR) is 73.5 cm³/mol. The van der Waals surface area contributed by atoms with Gasteiger partial charge in [-0.25, -0.2) is 0 Å². The van der Waals surface area contributed by atoms with Crippen molar-refractivity contribution in [3.05, 3.63) is 35.4 Å². The Labute approximate surface area is 121 Å². The largest absolute Gasteiger partial charge is 0.416 e. The van der Waals surface area contributed by atoms with Crippen LogP contribution in [0.3, 0.4) is 0 Å². The Balaban J connectivity index is 2.10. The molecule has 2 rings (SSSR count). The Hall–Kier alpha value is -1.56. The van der Waals surface area contributed by atoms with Crippen LogP contribution < -0.4 is 11.1 Å². The standard InChI is InChI=1S/C15H19F3N2O/c1-14(9-19,11-6-7-11)20-13(21)8-10-4-2-3-5-12(10)15(16,17)18/h2-5,11H,6-9,19H2,1H3,(H,20,21). The quantitative estimate of drug-likeness (QED) is 0.878. The summed E-state index contributed by atoms with van der Waals surface area (Å²) in [6, 6.07) is 5.14. The van der Waals surface area contributed by atoms with E-state index in [4.69, 9.17) is 5.73 Å². The van der Waals surface area contributed by atoms with Gasteiger partial charge < -0.3 is 11.1 Å². The van der Waals surface area contributed by atoms with Crippen LogP contribution in [0.25, 0.3) is 0 Å². The number of nitrogens with two attached hydrogens (primary N) is 1. The van der Waals surface area contributed by atoms with Gasteiger partial charge in [0.25, 0.3) is 0 Å². The zero-order chi connectivity index (χ0) is 15.7. The first-order valence-electron chi connectivity index (χ1n) is 6.92. The van der Waals surface area contributed by atoms with Gasteiger partial charge in [0.2, 0.25) is 5.91 Å². The summed E-state index contributed by atoms with van der Waals surface area (Å²) in [5, 5.41) is 2.80. The number of amides is 1. The van der Waals surface area contributed by atoms with E-state index in [-0.39, 0.29) is 18.5 Å². The zero-order valence-electron chi connectivity index (χ0n) is 11.8. The van der Waals surface area contributed by atoms with Crippen LogP contribution in [-0.4, -0.2) is 18.0 Å². The van der Waals surface area contributed by atoms with Crippen molar-refractivity contribution in [2.75, 3.05) is 6.54 Å². The van der Waals surface area contributed by atoms with Crippen LogP contribution in [0.5, 0.6) is 0 Å². The summed E-state index contributed by atoms with van der Waals surface area (Å²) in [4.78, 5) is 12.1. The van der Waals surface area contributed by atoms with Gasteiger partial charge in [0.05, 0.1) is 17.5 Å². The Kier molecular flexibility index (Phi) is 4.27. The van der Waals surface area contributed by atoms with Crippen molar-refractivity contribution < 1.29 is 18.0 Å². The molecule has 3 nitrogen and oxygen atoms in total. The summed E-state index contributed by atoms with van der Waals surface area (Å²) in [5.41, 5.74) is 4.39. The normalized spacial score (nSPS) is 18.1. The minimum absolute atomic E-state index is 0.0160. The molecule has 1 atom stereocenters. The van der Waals surface area contributed by atoms with Crippen molar-refractivity contribution in [2.24, 2.45) is 11.7 Å². The topological polar surface area (TPSA) is 55.1 Å². The second kappa shape index (κ2) is 5.67. The van der Waals surface area contributed by atoms with Gasteiger partial charge in [-0.3, -0.25) is 4.79 Å². The van der Waals surface area contributed by atoms with Crippen LogP contribution in [0, 0.1) is 5.92 Å². The van der Waals surface area contributed by atoms with Gasteiger partial charge in [-0.1, -0.05) is 18.2 Å². The SMILES string of the molecule is CC(CN)(NC(=O)Cc1ccccc1C(F)(F)F)C1CC1. The molecular formula is C15H19F3N2O. The van der Waals surface area contributed by atoms with Gasteiger partial charge in [0.1, 0.15) is 0 Å². The monoisotopic (exact) mass is 300 g/mol. The molecule has 1 aromatic carbocycles. The molecule has 0 bridgehead atoms. The summed E-state index contributed by atoms with van der Waals surface area (Å²) >= 11 is 0. The number of carbonyl (C=O) groups excluding carboxylic acids is 1. The summed E-state index contributed by atoms with van der Waals surface area (Å²) < 4.78 is 38.7. The van der Waals surface area contributed by atoms with Crippen LogP contribution in [0.1, 0.15) is 30.9 Å². The predicted octanol–water partition coefficient (Wildman–Crippen LogP) is 2.49. The molecule has 1 aliphatic rings. The van der Waals surface area contributed by atoms with Crippen molar-refractivity contribution >= 4 is 5.91 Å². The van der Waals surface area contributed by atoms with E-state index in [0.29, 0.717) is 5.92 Å². The number of hydrogen-bond acceptors (Lipinski definition) is 2. The van der Waals surface area contributed by atoms with E-state index < -0.39 is 23.2 Å². The molecule has 0 heterocycles. The lowest BCUT2D eigenvalue weighted by atomic mass is 9.95. The average Bonchev–Trinajstić information content (AvgIpc) is 3.22. The zero-order valence-corrected chi connectivity index (χ0v) is 11.8. The van der Waals surface area contributed by atoms with Gasteiger partial charge in [-0.2, -0.15) is 13.2 Å². The number of alkyl halides is 3. The summed E-state index contributed by atoms with van der Waals surface area (Å²) in [6.45, 7) is 2.13. The van der Waals surface area contributed by atoms with E-state index in [0.717, 1.165) is 18.9 Å². The summed E-state index contributed by atoms with van der Waals surface area (Å²) in [5.74, 6) is -0.101. The molecule has 0 aromatic heterocycles. The van der Waals surface area contributed by atoms with Crippen molar-refractivity contribution in [3.63, 3.8) is 0 Å². The van der Waals surface area contributed by atoms with Crippen molar-refractivity contribution in [1.82, 2.24) is 5.32 Å². The highest BCUT2D eigenvalue weighted by Gasteiger charge is 2.41. The second-order valence-electron chi connectivity index (χ2n) is 5.78. The Morgan fingerprint density at radius 2 is 1.95 bits per heavy atom. The molecule has 116 valence electrons. The molecule has 0 saturated heterocycles. The number of halogens is 3. The van der Waals surface area contributed by atoms with Crippen LogP contribution >= 0.6 is 0 Å². The molecule has 1 unspecified atom stereocenters. The number of nitrogens with one attached hydrogen (secondary N) is 1. The average molecular weight is 300 g/mol. The second-order valence-corrected chi connectivity index (χ2v) is 5.78. The lowest BCUT2D eigenvalue weighted by Crippen LogP contribution is -2.53. The third-order valence-corrected chi connectivity index (χ3v) is 4.00. The smallest absolute Gasteiger partial charge is 0.349 e. The molecule has 1 amide bonds. The number of hydrogen-bond donors (Lipinski definition) is 2. The lowest BCUT2D eigenvalue weighted by Gasteiger charge is -2.29. The molecule has 0 spiro atoms. The highest BCUT2D eigenvalue weighted by atomic mass is 19.4. The van der Waals surface area contributed by atoms with E-state index in [2.05, 4.69) is 5.32 Å². The summed E-state index contributed by atoms with van der Waals surface area (Å²) in [6.07, 6.45) is -2.76. The van der Waals surface area contributed by atoms with Gasteiger partial charge in [0, 0.05) is 6.54 Å². The Morgan fingerprint density at radius 3 is 2.48 bits per heavy atom. The number of benzene rings is 1. The maximum absolute atomic E-state index is 12.9. The molecule has 1 aliphatic carbocycles. The van der Waals surface area contributed by atoms with Crippen LogP contribution in [0.4, 0.5) is 13.2 Å². The fourth-order valence-electron chi connectivity index (χ4n) is 2.53. The van der Waals surface area contributed by atoms with E-state index in [9.17, 15) is 18.0 Å². The van der Waals surface area contributed by atoms with Crippen LogP contribution in [0.2, 0.25) is 0 Å². The fraction of sp³-hybridized carbons (Fsp3) is 0.533. The first-order chi connectivity index (χ1) is 9.76. The van der Waals surface area contributed by atoms with Gasteiger partial charge in [0.15, 0.2) is 0 Å². The highest BCUT2D eigenvalue weighted by Crippen LogP contribution is 2.39. The van der Waals surface area contributed by atoms with Gasteiger partial charge >= 0.3 is 6.18 Å². The first-order valence-corrected chi connectivity index (χ1v) is 6.92. The molecule has 1 saturated carbocycles. The van der Waals surface area contributed by atoms with Crippen molar-refractivity contribution in [1.29, 1.82) is 0 Å². The van der Waals surface area contributed by atoms with E-state index >= 15 is 0 Å². The van der Waals surface area contributed by atoms with Crippen molar-refractivity contribution in [2.45, 2.75) is 37.9 Å². The number of carbonyl (C=O) groups is 1. The molecule has 1 fully saturated rings. The molecule has 0 radical (unpaired) electrons. The minimum Gasteiger partial charge on any atom is -0.349 e. The van der Waals surface area contributed by atoms with E-state index in [1.807, 2.05) is 6.92 Å². The molecule has 21 heavy (non-hydrogen) atoms. The number of rotatable bonds is 5. The molecule has 6 heteroatoms. The minimum atomic E-state index is -4.45. The molecule has 0 aliphatic heterocycles. The van der Waals surface area contributed by atoms with E-state index in [1.54, 1.807) is 0 Å². The maximum atomic E-state index is 12.9. The Bertz CT molecular complexity index is 526. The summed E-state index contributed by atoms with van der Waals surface area (Å²) in [7, 11) is 0. The molecule has 1 aromatic rings. The Morgan fingerprint density at radius 1 is 1.33 bits per heavy atom. The lowest BCUT2D eigenvalue weighted by molar-refractivity contribution is -0.138. The van der Waals surface area contributed by atoms with Gasteiger partial charge in [-0.15, -0.1) is 0 Å². The molecule has 3 N–H and O–H groups in total. The first kappa shape index (κ1) is 15.8. The maximum Gasteiger partial charge on any atom is 0.416 e. The van der Waals surface area contributed by atoms with Crippen LogP contribution in [-0.2, 0) is 17.4 Å². The van der Waals surface area contributed by atoms with Gasteiger partial charge in [-0.05, 0) is 37.3 Å². The third-order valence-electron chi connectivity index (χ3n) is 4.00. The van der Waals surface area contributed by atoms with Crippen LogP contribution in [0.15, 0.2) is 24.3 Å².